The molecule has 0 heterocycles. The van der Waals surface area contributed by atoms with E-state index in [2.05, 4.69) is 19.2 Å². The van der Waals surface area contributed by atoms with Gasteiger partial charge in [-0.15, -0.1) is 0 Å². The van der Waals surface area contributed by atoms with Gasteiger partial charge in [-0.05, 0) is 18.9 Å². The van der Waals surface area contributed by atoms with Crippen LogP contribution in [0, 0.1) is 5.92 Å². The molecule has 0 bridgehead atoms. The Balaban J connectivity index is 3.37. The molecule has 0 saturated heterocycles. The minimum absolute atomic E-state index is 0.00927. The number of aliphatic hydroxyl groups excluding tert-OH is 2. The molecule has 0 amide bonds. The lowest BCUT2D eigenvalue weighted by molar-refractivity contribution is 0.167. The van der Waals surface area contributed by atoms with Crippen LogP contribution in [0.1, 0.15) is 26.7 Å². The minimum atomic E-state index is -0.149. The molecule has 0 unspecified atom stereocenters. The fourth-order valence-electron chi connectivity index (χ4n) is 1.15. The quantitative estimate of drug-likeness (QED) is 0.524. The molecule has 0 aliphatic carbocycles. The van der Waals surface area contributed by atoms with Gasteiger partial charge in [0, 0.05) is 0 Å². The van der Waals surface area contributed by atoms with Crippen molar-refractivity contribution in [2.24, 2.45) is 5.92 Å². The van der Waals surface area contributed by atoms with E-state index in [-0.39, 0.29) is 19.3 Å². The molecule has 3 N–H and O–H groups in total. The topological polar surface area (TPSA) is 52.5 Å². The third-order valence-corrected chi connectivity index (χ3v) is 1.98. The fourth-order valence-corrected chi connectivity index (χ4v) is 1.15. The Labute approximate surface area is 74.8 Å². The second-order valence-electron chi connectivity index (χ2n) is 3.36. The van der Waals surface area contributed by atoms with Crippen molar-refractivity contribution in [3.63, 3.8) is 0 Å². The first-order chi connectivity index (χ1) is 5.74. The van der Waals surface area contributed by atoms with Crippen molar-refractivity contribution >= 4 is 0 Å². The van der Waals surface area contributed by atoms with E-state index in [1.165, 1.54) is 12.8 Å². The first kappa shape index (κ1) is 11.9. The average Bonchev–Trinajstić information content (AvgIpc) is 2.07. The maximum Gasteiger partial charge on any atom is 0.0607 e. The van der Waals surface area contributed by atoms with Crippen molar-refractivity contribution in [3.05, 3.63) is 0 Å². The lowest BCUT2D eigenvalue weighted by atomic mass is 10.1. The highest BCUT2D eigenvalue weighted by Crippen LogP contribution is 2.02. The van der Waals surface area contributed by atoms with E-state index in [4.69, 9.17) is 10.2 Å². The number of nitrogens with one attached hydrogen (secondary N) is 1. The van der Waals surface area contributed by atoms with Crippen LogP contribution in [0.25, 0.3) is 0 Å². The maximum atomic E-state index is 8.75. The smallest absolute Gasteiger partial charge is 0.0607 e. The minimum Gasteiger partial charge on any atom is -0.395 e. The molecule has 0 aromatic heterocycles. The Morgan fingerprint density at radius 1 is 1.25 bits per heavy atom. The van der Waals surface area contributed by atoms with Crippen molar-refractivity contribution in [2.75, 3.05) is 19.8 Å². The molecular formula is C9H21NO2. The summed E-state index contributed by atoms with van der Waals surface area (Å²) < 4.78 is 0. The van der Waals surface area contributed by atoms with Gasteiger partial charge in [0.2, 0.25) is 0 Å². The molecular weight excluding hydrogens is 154 g/mol. The zero-order valence-corrected chi connectivity index (χ0v) is 8.08. The van der Waals surface area contributed by atoms with Crippen molar-refractivity contribution < 1.29 is 10.2 Å². The summed E-state index contributed by atoms with van der Waals surface area (Å²) in [6.45, 7) is 5.22. The predicted octanol–water partition coefficient (Wildman–Crippen LogP) is 0.365. The van der Waals surface area contributed by atoms with E-state index in [9.17, 15) is 0 Å². The normalized spacial score (nSPS) is 13.8. The van der Waals surface area contributed by atoms with E-state index in [1.54, 1.807) is 0 Å². The molecule has 0 aliphatic heterocycles. The van der Waals surface area contributed by atoms with Crippen LogP contribution in [0.15, 0.2) is 0 Å². The van der Waals surface area contributed by atoms with Gasteiger partial charge in [0.05, 0.1) is 19.3 Å². The van der Waals surface area contributed by atoms with Gasteiger partial charge in [0.25, 0.3) is 0 Å². The maximum absolute atomic E-state index is 8.75. The molecule has 0 aromatic rings. The SMILES string of the molecule is CCC[C@@H](C)CNC(CO)CO. The third kappa shape index (κ3) is 5.52. The number of hydrogen-bond donors (Lipinski definition) is 3. The molecule has 0 saturated carbocycles. The summed E-state index contributed by atoms with van der Waals surface area (Å²) in [6.07, 6.45) is 2.38. The predicted molar refractivity (Wildman–Crippen MR) is 50.0 cm³/mol. The molecule has 12 heavy (non-hydrogen) atoms. The Hall–Kier alpha value is -0.120. The van der Waals surface area contributed by atoms with Crippen LogP contribution >= 0.6 is 0 Å². The van der Waals surface area contributed by atoms with Gasteiger partial charge in [0.15, 0.2) is 0 Å². The molecule has 3 nitrogen and oxygen atoms in total. The van der Waals surface area contributed by atoms with Crippen LogP contribution in [0.4, 0.5) is 0 Å². The highest BCUT2D eigenvalue weighted by molar-refractivity contribution is 4.65. The van der Waals surface area contributed by atoms with Crippen LogP contribution in [0.2, 0.25) is 0 Å². The summed E-state index contributed by atoms with van der Waals surface area (Å²) in [5.74, 6) is 0.621. The van der Waals surface area contributed by atoms with Gasteiger partial charge >= 0.3 is 0 Å². The van der Waals surface area contributed by atoms with Gasteiger partial charge in [-0.25, -0.2) is 0 Å². The molecule has 0 aromatic carbocycles. The molecule has 0 spiro atoms. The zero-order valence-electron chi connectivity index (χ0n) is 8.08. The zero-order chi connectivity index (χ0) is 9.40. The van der Waals surface area contributed by atoms with E-state index >= 15 is 0 Å². The molecule has 0 radical (unpaired) electrons. The second-order valence-corrected chi connectivity index (χ2v) is 3.36. The highest BCUT2D eigenvalue weighted by Gasteiger charge is 2.06. The first-order valence-electron chi connectivity index (χ1n) is 4.69. The molecule has 0 fully saturated rings. The molecule has 3 heteroatoms. The standard InChI is InChI=1S/C9H21NO2/c1-3-4-8(2)5-10-9(6-11)7-12/h8-12H,3-7H2,1-2H3/t8-/m1/s1. The van der Waals surface area contributed by atoms with Crippen molar-refractivity contribution in [1.29, 1.82) is 0 Å². The first-order valence-corrected chi connectivity index (χ1v) is 4.69. The molecule has 1 atom stereocenters. The van der Waals surface area contributed by atoms with Crippen LogP contribution < -0.4 is 5.32 Å². The Bertz CT molecular complexity index is 94.5. The van der Waals surface area contributed by atoms with Gasteiger partial charge in [0.1, 0.15) is 0 Å². The number of rotatable bonds is 7. The van der Waals surface area contributed by atoms with Crippen LogP contribution in [-0.2, 0) is 0 Å². The van der Waals surface area contributed by atoms with Crippen molar-refractivity contribution in [2.45, 2.75) is 32.7 Å². The average molecular weight is 175 g/mol. The van der Waals surface area contributed by atoms with Gasteiger partial charge in [-0.1, -0.05) is 20.3 Å². The van der Waals surface area contributed by atoms with Crippen LogP contribution in [-0.4, -0.2) is 36.0 Å². The number of hydrogen-bond acceptors (Lipinski definition) is 3. The molecule has 0 rings (SSSR count). The highest BCUT2D eigenvalue weighted by atomic mass is 16.3. The molecule has 74 valence electrons. The summed E-state index contributed by atoms with van der Waals surface area (Å²) in [7, 11) is 0. The Morgan fingerprint density at radius 3 is 2.25 bits per heavy atom. The van der Waals surface area contributed by atoms with Crippen molar-refractivity contribution in [1.82, 2.24) is 5.32 Å². The van der Waals surface area contributed by atoms with E-state index in [1.807, 2.05) is 0 Å². The number of aliphatic hydroxyl groups is 2. The van der Waals surface area contributed by atoms with Crippen LogP contribution in [0.3, 0.4) is 0 Å². The van der Waals surface area contributed by atoms with Crippen molar-refractivity contribution in [3.8, 4) is 0 Å². The fraction of sp³-hybridized carbons (Fsp3) is 1.00. The summed E-state index contributed by atoms with van der Waals surface area (Å²) in [5.41, 5.74) is 0. The Kier molecular flexibility index (Phi) is 7.45. The van der Waals surface area contributed by atoms with Crippen LogP contribution in [0.5, 0.6) is 0 Å². The van der Waals surface area contributed by atoms with E-state index < -0.39 is 0 Å². The third-order valence-electron chi connectivity index (χ3n) is 1.98. The summed E-state index contributed by atoms with van der Waals surface area (Å²) in [5, 5.41) is 20.6. The van der Waals surface area contributed by atoms with Gasteiger partial charge in [-0.3, -0.25) is 0 Å². The molecule has 0 aliphatic rings. The second kappa shape index (κ2) is 7.53. The Morgan fingerprint density at radius 2 is 1.83 bits per heavy atom. The lowest BCUT2D eigenvalue weighted by Crippen LogP contribution is -2.38. The summed E-state index contributed by atoms with van der Waals surface area (Å²) >= 11 is 0. The van der Waals surface area contributed by atoms with E-state index in [0.29, 0.717) is 5.92 Å². The van der Waals surface area contributed by atoms with E-state index in [0.717, 1.165) is 6.54 Å². The largest absolute Gasteiger partial charge is 0.395 e. The van der Waals surface area contributed by atoms with Gasteiger partial charge < -0.3 is 15.5 Å². The lowest BCUT2D eigenvalue weighted by Gasteiger charge is -2.16. The summed E-state index contributed by atoms with van der Waals surface area (Å²) in [4.78, 5) is 0. The van der Waals surface area contributed by atoms with Gasteiger partial charge in [-0.2, -0.15) is 0 Å². The summed E-state index contributed by atoms with van der Waals surface area (Å²) in [6, 6.07) is -0.149. The monoisotopic (exact) mass is 175 g/mol.